The van der Waals surface area contributed by atoms with Crippen LogP contribution in [0.25, 0.3) is 11.1 Å². The molecule has 0 saturated heterocycles. The molecule has 2 aromatic carbocycles. The van der Waals surface area contributed by atoms with Crippen molar-refractivity contribution in [2.24, 2.45) is 0 Å². The number of aromatic carboxylic acids is 1. The lowest BCUT2D eigenvalue weighted by Gasteiger charge is -2.13. The first kappa shape index (κ1) is 13.6. The first-order valence-corrected chi connectivity index (χ1v) is 6.39. The van der Waals surface area contributed by atoms with Crippen LogP contribution in [0.5, 0.6) is 0 Å². The molecule has 0 aliphatic heterocycles. The molecular weight excluding hydrogens is 260 g/mol. The molecule has 0 unspecified atom stereocenters. The number of halogens is 1. The molecule has 0 spiro atoms. The average molecular weight is 275 g/mol. The maximum absolute atomic E-state index is 11.2. The zero-order chi connectivity index (χ0) is 14.2. The van der Waals surface area contributed by atoms with Crippen LogP contribution in [0.2, 0.25) is 5.02 Å². The Labute approximate surface area is 117 Å². The van der Waals surface area contributed by atoms with Gasteiger partial charge in [0.25, 0.3) is 0 Å². The molecule has 0 bridgehead atoms. The molecule has 0 aromatic heterocycles. The highest BCUT2D eigenvalue weighted by Gasteiger charge is 2.13. The van der Waals surface area contributed by atoms with Crippen molar-refractivity contribution in [1.82, 2.24) is 0 Å². The van der Waals surface area contributed by atoms with Crippen molar-refractivity contribution < 1.29 is 9.90 Å². The smallest absolute Gasteiger partial charge is 0.335 e. The van der Waals surface area contributed by atoms with Gasteiger partial charge in [-0.05, 0) is 66.8 Å². The van der Waals surface area contributed by atoms with Crippen LogP contribution in [0.1, 0.15) is 27.0 Å². The van der Waals surface area contributed by atoms with E-state index in [9.17, 15) is 9.90 Å². The molecular formula is C16H15ClO2. The van der Waals surface area contributed by atoms with Crippen molar-refractivity contribution in [3.63, 3.8) is 0 Å². The summed E-state index contributed by atoms with van der Waals surface area (Å²) in [5.74, 6) is -0.900. The summed E-state index contributed by atoms with van der Waals surface area (Å²) in [5, 5.41) is 9.91. The Hall–Kier alpha value is -1.80. The number of carboxylic acid groups (broad SMARTS) is 1. The second-order valence-electron chi connectivity index (χ2n) is 4.70. The molecule has 0 atom stereocenters. The van der Waals surface area contributed by atoms with E-state index in [0.29, 0.717) is 5.56 Å². The van der Waals surface area contributed by atoms with Crippen LogP contribution in [0, 0.1) is 20.8 Å². The van der Waals surface area contributed by atoms with E-state index in [1.54, 1.807) is 12.1 Å². The van der Waals surface area contributed by atoms with Crippen molar-refractivity contribution in [2.75, 3.05) is 0 Å². The van der Waals surface area contributed by atoms with Crippen molar-refractivity contribution in [1.29, 1.82) is 0 Å². The van der Waals surface area contributed by atoms with Gasteiger partial charge < -0.3 is 5.11 Å². The van der Waals surface area contributed by atoms with Crippen molar-refractivity contribution in [3.8, 4) is 11.1 Å². The Balaban J connectivity index is 2.69. The first-order valence-electron chi connectivity index (χ1n) is 6.02. The first-order chi connectivity index (χ1) is 8.91. The molecule has 19 heavy (non-hydrogen) atoms. The highest BCUT2D eigenvalue weighted by molar-refractivity contribution is 6.31. The topological polar surface area (TPSA) is 37.3 Å². The summed E-state index contributed by atoms with van der Waals surface area (Å²) in [6.07, 6.45) is 0. The molecule has 98 valence electrons. The molecule has 0 amide bonds. The van der Waals surface area contributed by atoms with E-state index in [2.05, 4.69) is 0 Å². The molecule has 0 aliphatic rings. The quantitative estimate of drug-likeness (QED) is 0.867. The van der Waals surface area contributed by atoms with Crippen LogP contribution in [0.4, 0.5) is 0 Å². The van der Waals surface area contributed by atoms with Crippen molar-refractivity contribution in [3.05, 3.63) is 57.6 Å². The second kappa shape index (κ2) is 5.06. The molecule has 2 aromatic rings. The molecule has 2 rings (SSSR count). The third kappa shape index (κ3) is 2.49. The van der Waals surface area contributed by atoms with Gasteiger partial charge in [-0.1, -0.05) is 23.7 Å². The Morgan fingerprint density at radius 3 is 2.37 bits per heavy atom. The third-order valence-electron chi connectivity index (χ3n) is 3.36. The molecule has 0 saturated carbocycles. The van der Waals surface area contributed by atoms with E-state index < -0.39 is 5.97 Å². The van der Waals surface area contributed by atoms with Crippen LogP contribution >= 0.6 is 11.6 Å². The summed E-state index contributed by atoms with van der Waals surface area (Å²) >= 11 is 6.10. The maximum atomic E-state index is 11.2. The van der Waals surface area contributed by atoms with Crippen molar-refractivity contribution >= 4 is 17.6 Å². The Morgan fingerprint density at radius 1 is 1.05 bits per heavy atom. The zero-order valence-corrected chi connectivity index (χ0v) is 11.9. The molecule has 2 nitrogen and oxygen atoms in total. The number of hydrogen-bond donors (Lipinski definition) is 1. The standard InChI is InChI=1S/C16H15ClO2/c1-9-8-15(17)10(2)7-14(9)12-5-4-6-13(11(12)3)16(18)19/h4-8H,1-3H3,(H,18,19). The van der Waals surface area contributed by atoms with Crippen molar-refractivity contribution in [2.45, 2.75) is 20.8 Å². The highest BCUT2D eigenvalue weighted by Crippen LogP contribution is 2.32. The van der Waals surface area contributed by atoms with Gasteiger partial charge in [0.2, 0.25) is 0 Å². The number of benzene rings is 2. The van der Waals surface area contributed by atoms with Gasteiger partial charge in [-0.2, -0.15) is 0 Å². The molecule has 3 heteroatoms. The number of carbonyl (C=O) groups is 1. The van der Waals surface area contributed by atoms with E-state index in [-0.39, 0.29) is 0 Å². The average Bonchev–Trinajstić information content (AvgIpc) is 2.34. The molecule has 0 heterocycles. The van der Waals surface area contributed by atoms with Gasteiger partial charge in [-0.15, -0.1) is 0 Å². The minimum absolute atomic E-state index is 0.338. The number of hydrogen-bond acceptors (Lipinski definition) is 1. The summed E-state index contributed by atoms with van der Waals surface area (Å²) in [5.41, 5.74) is 5.12. The fraction of sp³-hybridized carbons (Fsp3) is 0.188. The minimum Gasteiger partial charge on any atom is -0.478 e. The number of rotatable bonds is 2. The van der Waals surface area contributed by atoms with E-state index in [1.807, 2.05) is 39.0 Å². The number of carboxylic acids is 1. The summed E-state index contributed by atoms with van der Waals surface area (Å²) in [7, 11) is 0. The summed E-state index contributed by atoms with van der Waals surface area (Å²) in [6.45, 7) is 5.76. The van der Waals surface area contributed by atoms with Crippen LogP contribution < -0.4 is 0 Å². The summed E-state index contributed by atoms with van der Waals surface area (Å²) < 4.78 is 0. The summed E-state index contributed by atoms with van der Waals surface area (Å²) in [6, 6.07) is 9.26. The van der Waals surface area contributed by atoms with Gasteiger partial charge >= 0.3 is 5.97 Å². The van der Waals surface area contributed by atoms with Crippen LogP contribution in [-0.4, -0.2) is 11.1 Å². The Kier molecular flexibility index (Phi) is 3.63. The predicted octanol–water partition coefficient (Wildman–Crippen LogP) is 4.63. The second-order valence-corrected chi connectivity index (χ2v) is 5.11. The lowest BCUT2D eigenvalue weighted by molar-refractivity contribution is 0.0696. The van der Waals surface area contributed by atoms with E-state index >= 15 is 0 Å². The minimum atomic E-state index is -0.900. The van der Waals surface area contributed by atoms with Crippen LogP contribution in [0.3, 0.4) is 0 Å². The molecule has 0 radical (unpaired) electrons. The predicted molar refractivity (Wildman–Crippen MR) is 78.1 cm³/mol. The van der Waals surface area contributed by atoms with Gasteiger partial charge in [0.1, 0.15) is 0 Å². The maximum Gasteiger partial charge on any atom is 0.335 e. The van der Waals surface area contributed by atoms with E-state index in [0.717, 1.165) is 32.8 Å². The van der Waals surface area contributed by atoms with Gasteiger partial charge in [0.15, 0.2) is 0 Å². The van der Waals surface area contributed by atoms with Gasteiger partial charge in [-0.3, -0.25) is 0 Å². The third-order valence-corrected chi connectivity index (χ3v) is 3.77. The molecule has 1 N–H and O–H groups in total. The highest BCUT2D eigenvalue weighted by atomic mass is 35.5. The van der Waals surface area contributed by atoms with Gasteiger partial charge in [0.05, 0.1) is 5.56 Å². The van der Waals surface area contributed by atoms with Crippen LogP contribution in [-0.2, 0) is 0 Å². The zero-order valence-electron chi connectivity index (χ0n) is 11.1. The van der Waals surface area contributed by atoms with Gasteiger partial charge in [-0.25, -0.2) is 4.79 Å². The largest absolute Gasteiger partial charge is 0.478 e. The summed E-state index contributed by atoms with van der Waals surface area (Å²) in [4.78, 5) is 11.2. The Bertz CT molecular complexity index is 660. The molecule has 0 aliphatic carbocycles. The number of aryl methyl sites for hydroxylation is 2. The fourth-order valence-corrected chi connectivity index (χ4v) is 2.45. The van der Waals surface area contributed by atoms with E-state index in [1.165, 1.54) is 0 Å². The normalized spacial score (nSPS) is 10.5. The van der Waals surface area contributed by atoms with Crippen LogP contribution in [0.15, 0.2) is 30.3 Å². The lowest BCUT2D eigenvalue weighted by Crippen LogP contribution is -2.01. The van der Waals surface area contributed by atoms with E-state index in [4.69, 9.17) is 11.6 Å². The molecule has 0 fully saturated rings. The SMILES string of the molecule is Cc1cc(-c2cccc(C(=O)O)c2C)c(C)cc1Cl. The fourth-order valence-electron chi connectivity index (χ4n) is 2.23. The monoisotopic (exact) mass is 274 g/mol. The lowest BCUT2D eigenvalue weighted by atomic mass is 9.92. The Morgan fingerprint density at radius 2 is 1.74 bits per heavy atom. The van der Waals surface area contributed by atoms with Gasteiger partial charge in [0, 0.05) is 5.02 Å².